The third kappa shape index (κ3) is 3.31. The van der Waals surface area contributed by atoms with Crippen molar-refractivity contribution in [1.82, 2.24) is 10.6 Å². The molecule has 1 aliphatic heterocycles. The topological polar surface area (TPSA) is 50.4 Å². The molecule has 7 heteroatoms. The highest BCUT2D eigenvalue weighted by Gasteiger charge is 2.33. The van der Waals surface area contributed by atoms with Crippen molar-refractivity contribution in [3.8, 4) is 0 Å². The summed E-state index contributed by atoms with van der Waals surface area (Å²) >= 11 is 17.6. The van der Waals surface area contributed by atoms with Crippen LogP contribution >= 0.6 is 35.4 Å². The summed E-state index contributed by atoms with van der Waals surface area (Å²) in [4.78, 5) is 12.2. The second-order valence-electron chi connectivity index (χ2n) is 4.43. The van der Waals surface area contributed by atoms with Crippen LogP contribution in [0.1, 0.15) is 25.5 Å². The predicted molar refractivity (Wildman–Crippen MR) is 87.4 cm³/mol. The normalized spacial score (nSPS) is 18.1. The smallest absolute Gasteiger partial charge is 0.338 e. The largest absolute Gasteiger partial charge is 0.463 e. The molecule has 1 aromatic rings. The van der Waals surface area contributed by atoms with Gasteiger partial charge in [0.1, 0.15) is 0 Å². The number of halogens is 2. The molecule has 2 rings (SSSR count). The van der Waals surface area contributed by atoms with Crippen LogP contribution in [0.4, 0.5) is 0 Å². The number of nitrogens with one attached hydrogen (secondary N) is 2. The van der Waals surface area contributed by atoms with E-state index in [1.807, 2.05) is 0 Å². The van der Waals surface area contributed by atoms with Gasteiger partial charge in [-0.1, -0.05) is 29.3 Å². The van der Waals surface area contributed by atoms with Gasteiger partial charge in [-0.15, -0.1) is 0 Å². The van der Waals surface area contributed by atoms with Crippen LogP contribution in [0.25, 0.3) is 0 Å². The van der Waals surface area contributed by atoms with Crippen molar-refractivity contribution in [2.75, 3.05) is 6.61 Å². The molecule has 0 fully saturated rings. The zero-order chi connectivity index (χ0) is 15.6. The number of allylic oxidation sites excluding steroid dienone is 1. The van der Waals surface area contributed by atoms with E-state index in [1.54, 1.807) is 32.0 Å². The lowest BCUT2D eigenvalue weighted by Crippen LogP contribution is -2.45. The third-order valence-electron chi connectivity index (χ3n) is 3.05. The molecule has 0 amide bonds. The minimum absolute atomic E-state index is 0.281. The van der Waals surface area contributed by atoms with Crippen molar-refractivity contribution in [2.45, 2.75) is 19.9 Å². The first-order chi connectivity index (χ1) is 9.95. The molecule has 1 aromatic carbocycles. The van der Waals surface area contributed by atoms with Crippen molar-refractivity contribution < 1.29 is 9.53 Å². The molecule has 0 saturated heterocycles. The second-order valence-corrected chi connectivity index (χ2v) is 5.65. The summed E-state index contributed by atoms with van der Waals surface area (Å²) in [6.45, 7) is 3.79. The van der Waals surface area contributed by atoms with Gasteiger partial charge >= 0.3 is 5.97 Å². The molecule has 1 aliphatic rings. The van der Waals surface area contributed by atoms with Crippen LogP contribution in [0.5, 0.6) is 0 Å². The number of rotatable bonds is 3. The van der Waals surface area contributed by atoms with Gasteiger partial charge in [-0.2, -0.15) is 0 Å². The van der Waals surface area contributed by atoms with E-state index in [-0.39, 0.29) is 6.61 Å². The lowest BCUT2D eigenvalue weighted by molar-refractivity contribution is -0.139. The van der Waals surface area contributed by atoms with Crippen LogP contribution < -0.4 is 10.6 Å². The third-order valence-corrected chi connectivity index (χ3v) is 3.93. The number of thiocarbonyl (C=S) groups is 1. The van der Waals surface area contributed by atoms with Gasteiger partial charge in [-0.05, 0) is 38.2 Å². The Morgan fingerprint density at radius 3 is 2.57 bits per heavy atom. The lowest BCUT2D eigenvalue weighted by atomic mass is 9.95. The maximum Gasteiger partial charge on any atom is 0.338 e. The first-order valence-electron chi connectivity index (χ1n) is 6.35. The van der Waals surface area contributed by atoms with Gasteiger partial charge in [0.15, 0.2) is 5.11 Å². The van der Waals surface area contributed by atoms with Crippen LogP contribution in [0.3, 0.4) is 0 Å². The van der Waals surface area contributed by atoms with Gasteiger partial charge in [-0.25, -0.2) is 4.79 Å². The molecule has 112 valence electrons. The van der Waals surface area contributed by atoms with Crippen LogP contribution in [0.2, 0.25) is 10.0 Å². The maximum absolute atomic E-state index is 12.2. The van der Waals surface area contributed by atoms with Gasteiger partial charge in [0.25, 0.3) is 0 Å². The number of hydrogen-bond donors (Lipinski definition) is 2. The van der Waals surface area contributed by atoms with E-state index in [9.17, 15) is 4.79 Å². The van der Waals surface area contributed by atoms with Gasteiger partial charge in [-0.3, -0.25) is 0 Å². The average Bonchev–Trinajstić information content (AvgIpc) is 2.37. The van der Waals surface area contributed by atoms with Crippen LogP contribution in [-0.4, -0.2) is 17.7 Å². The Morgan fingerprint density at radius 2 is 2.00 bits per heavy atom. The maximum atomic E-state index is 12.2. The van der Waals surface area contributed by atoms with Crippen LogP contribution in [0.15, 0.2) is 29.5 Å². The Kier molecular flexibility index (Phi) is 5.08. The summed E-state index contributed by atoms with van der Waals surface area (Å²) in [7, 11) is 0. The monoisotopic (exact) mass is 344 g/mol. The number of esters is 1. The highest BCUT2D eigenvalue weighted by atomic mass is 35.5. The van der Waals surface area contributed by atoms with E-state index in [4.69, 9.17) is 40.2 Å². The molecular weight excluding hydrogens is 331 g/mol. The molecular formula is C14H14Cl2N2O2S. The van der Waals surface area contributed by atoms with Crippen molar-refractivity contribution in [2.24, 2.45) is 0 Å². The highest BCUT2D eigenvalue weighted by molar-refractivity contribution is 7.80. The Labute approximate surface area is 138 Å². The fourth-order valence-electron chi connectivity index (χ4n) is 2.18. The fraction of sp³-hybridized carbons (Fsp3) is 0.286. The minimum atomic E-state index is -0.543. The number of carbonyl (C=O) groups excluding carboxylic acids is 1. The summed E-state index contributed by atoms with van der Waals surface area (Å²) < 4.78 is 5.11. The molecule has 0 aliphatic carbocycles. The molecule has 0 unspecified atom stereocenters. The quantitative estimate of drug-likeness (QED) is 0.650. The lowest BCUT2D eigenvalue weighted by Gasteiger charge is -2.30. The molecule has 2 N–H and O–H groups in total. The van der Waals surface area contributed by atoms with Crippen molar-refractivity contribution >= 4 is 46.5 Å². The summed E-state index contributed by atoms with van der Waals surface area (Å²) in [5, 5.41) is 7.27. The van der Waals surface area contributed by atoms with Gasteiger partial charge < -0.3 is 15.4 Å². The zero-order valence-electron chi connectivity index (χ0n) is 11.5. The zero-order valence-corrected chi connectivity index (χ0v) is 13.8. The molecule has 21 heavy (non-hydrogen) atoms. The number of ether oxygens (including phenoxy) is 1. The fourth-order valence-corrected chi connectivity index (χ4v) is 3.06. The summed E-state index contributed by atoms with van der Waals surface area (Å²) in [5.41, 5.74) is 1.64. The Morgan fingerprint density at radius 1 is 1.38 bits per heavy atom. The predicted octanol–water partition coefficient (Wildman–Crippen LogP) is 3.35. The van der Waals surface area contributed by atoms with E-state index in [1.165, 1.54) is 0 Å². The van der Waals surface area contributed by atoms with E-state index in [0.717, 1.165) is 0 Å². The number of benzene rings is 1. The Hall–Kier alpha value is -1.30. The van der Waals surface area contributed by atoms with Gasteiger partial charge in [0.05, 0.1) is 18.2 Å². The molecule has 0 aromatic heterocycles. The highest BCUT2D eigenvalue weighted by Crippen LogP contribution is 2.36. The van der Waals surface area contributed by atoms with Crippen molar-refractivity contribution in [3.63, 3.8) is 0 Å². The van der Waals surface area contributed by atoms with Gasteiger partial charge in [0.2, 0.25) is 0 Å². The van der Waals surface area contributed by atoms with Gasteiger partial charge in [0, 0.05) is 21.3 Å². The molecule has 1 heterocycles. The molecule has 1 atom stereocenters. The van der Waals surface area contributed by atoms with Crippen molar-refractivity contribution in [3.05, 3.63) is 45.1 Å². The van der Waals surface area contributed by atoms with Crippen molar-refractivity contribution in [1.29, 1.82) is 0 Å². The van der Waals surface area contributed by atoms with E-state index >= 15 is 0 Å². The molecule has 0 bridgehead atoms. The molecule has 0 spiro atoms. The number of hydrogen-bond acceptors (Lipinski definition) is 3. The second kappa shape index (κ2) is 6.64. The Balaban J connectivity index is 2.55. The standard InChI is InChI=1S/C14H14Cl2N2O2S/c1-3-20-13(19)10-7(2)17-14(21)18-12(10)11-8(15)5-4-6-9(11)16/h4-6,12H,3H2,1-2H3,(H2,17,18,21)/t12-/m1/s1. The summed E-state index contributed by atoms with van der Waals surface area (Å²) in [6.07, 6.45) is 0. The average molecular weight is 345 g/mol. The molecule has 4 nitrogen and oxygen atoms in total. The molecule has 0 radical (unpaired) electrons. The first-order valence-corrected chi connectivity index (χ1v) is 7.51. The van der Waals surface area contributed by atoms with E-state index < -0.39 is 12.0 Å². The SMILES string of the molecule is CCOC(=O)C1=C(C)NC(=S)N[C@H]1c1c(Cl)cccc1Cl. The van der Waals surface area contributed by atoms with E-state index in [0.29, 0.717) is 32.0 Å². The van der Waals surface area contributed by atoms with E-state index in [2.05, 4.69) is 10.6 Å². The summed E-state index contributed by atoms with van der Waals surface area (Å²) in [6, 6.07) is 4.63. The number of carbonyl (C=O) groups is 1. The minimum Gasteiger partial charge on any atom is -0.463 e. The summed E-state index contributed by atoms with van der Waals surface area (Å²) in [5.74, 6) is -0.432. The van der Waals surface area contributed by atoms with Crippen LogP contribution in [-0.2, 0) is 9.53 Å². The first kappa shape index (κ1) is 16.1. The molecule has 0 saturated carbocycles. The Bertz CT molecular complexity index is 611. The van der Waals surface area contributed by atoms with Crippen LogP contribution in [0, 0.1) is 0 Å².